The van der Waals surface area contributed by atoms with Crippen molar-refractivity contribution in [3.8, 4) is 0 Å². The Morgan fingerprint density at radius 2 is 2.21 bits per heavy atom. The number of anilines is 1. The average molecular weight is 331 g/mol. The summed E-state index contributed by atoms with van der Waals surface area (Å²) >= 11 is 3.36. The van der Waals surface area contributed by atoms with Gasteiger partial charge in [0.1, 0.15) is 4.47 Å². The minimum Gasteiger partial charge on any atom is -0.376 e. The minimum absolute atomic E-state index is 0.116. The molecule has 0 aliphatic rings. The van der Waals surface area contributed by atoms with Gasteiger partial charge < -0.3 is 11.1 Å². The van der Waals surface area contributed by atoms with Crippen LogP contribution in [-0.2, 0) is 6.54 Å². The highest BCUT2D eigenvalue weighted by Gasteiger charge is 2.27. The summed E-state index contributed by atoms with van der Waals surface area (Å²) < 4.78 is 1.97. The van der Waals surface area contributed by atoms with E-state index in [1.54, 1.807) is 6.20 Å². The van der Waals surface area contributed by atoms with Crippen LogP contribution in [0.4, 0.5) is 5.69 Å². The molecule has 0 spiro atoms. The van der Waals surface area contributed by atoms with Crippen LogP contribution in [0.25, 0.3) is 0 Å². The lowest BCUT2D eigenvalue weighted by Gasteiger charge is -2.34. The van der Waals surface area contributed by atoms with Crippen LogP contribution in [-0.4, -0.2) is 21.9 Å². The number of nitrogens with one attached hydrogen (secondary N) is 1. The summed E-state index contributed by atoms with van der Waals surface area (Å²) in [7, 11) is 0. The van der Waals surface area contributed by atoms with Crippen molar-refractivity contribution in [1.82, 2.24) is 9.78 Å². The van der Waals surface area contributed by atoms with Gasteiger partial charge in [0.05, 0.1) is 11.9 Å². The van der Waals surface area contributed by atoms with Gasteiger partial charge in [0.15, 0.2) is 0 Å². The van der Waals surface area contributed by atoms with Crippen LogP contribution < -0.4 is 16.6 Å². The summed E-state index contributed by atoms with van der Waals surface area (Å²) in [4.78, 5) is 12.1. The van der Waals surface area contributed by atoms with E-state index in [2.05, 4.69) is 40.2 Å². The molecule has 1 rings (SSSR count). The molecule has 0 amide bonds. The van der Waals surface area contributed by atoms with Crippen molar-refractivity contribution in [3.05, 3.63) is 21.0 Å². The maximum absolute atomic E-state index is 12.1. The Labute approximate surface area is 122 Å². The van der Waals surface area contributed by atoms with E-state index < -0.39 is 0 Å². The molecular formula is C13H23BrN4O. The van der Waals surface area contributed by atoms with Crippen LogP contribution in [0.2, 0.25) is 0 Å². The molecule has 6 heteroatoms. The van der Waals surface area contributed by atoms with Gasteiger partial charge >= 0.3 is 0 Å². The third kappa shape index (κ3) is 3.57. The molecule has 1 aromatic heterocycles. The second-order valence-corrected chi connectivity index (χ2v) is 6.09. The molecule has 5 nitrogen and oxygen atoms in total. The molecule has 1 heterocycles. The fourth-order valence-corrected chi connectivity index (χ4v) is 2.07. The highest BCUT2D eigenvalue weighted by Crippen LogP contribution is 2.25. The third-order valence-corrected chi connectivity index (χ3v) is 4.31. The molecule has 0 saturated heterocycles. The fourth-order valence-electron chi connectivity index (χ4n) is 1.66. The van der Waals surface area contributed by atoms with Gasteiger partial charge in [-0.15, -0.1) is 0 Å². The number of nitrogens with two attached hydrogens (primary N) is 1. The predicted molar refractivity (Wildman–Crippen MR) is 82.4 cm³/mol. The van der Waals surface area contributed by atoms with Crippen LogP contribution in [0.15, 0.2) is 15.5 Å². The zero-order chi connectivity index (χ0) is 14.6. The van der Waals surface area contributed by atoms with Gasteiger partial charge in [-0.1, -0.05) is 20.8 Å². The van der Waals surface area contributed by atoms with Gasteiger partial charge in [-0.05, 0) is 35.2 Å². The lowest BCUT2D eigenvalue weighted by Crippen LogP contribution is -2.47. The smallest absolute Gasteiger partial charge is 0.283 e. The maximum atomic E-state index is 12.1. The van der Waals surface area contributed by atoms with Gasteiger partial charge in [-0.2, -0.15) is 5.10 Å². The van der Waals surface area contributed by atoms with Gasteiger partial charge in [0, 0.05) is 18.6 Å². The molecule has 0 aromatic carbocycles. The van der Waals surface area contributed by atoms with Crippen molar-refractivity contribution in [2.75, 3.05) is 11.9 Å². The minimum atomic E-state index is -0.270. The van der Waals surface area contributed by atoms with E-state index in [-0.39, 0.29) is 11.1 Å². The lowest BCUT2D eigenvalue weighted by atomic mass is 9.88. The monoisotopic (exact) mass is 330 g/mol. The van der Waals surface area contributed by atoms with Crippen molar-refractivity contribution >= 4 is 21.6 Å². The SMILES string of the molecule is CCCn1ncc(NC(C)(CN)C(C)C)c(Br)c1=O. The first kappa shape index (κ1) is 16.2. The molecule has 3 N–H and O–H groups in total. The largest absolute Gasteiger partial charge is 0.376 e. The van der Waals surface area contributed by atoms with Crippen LogP contribution >= 0.6 is 15.9 Å². The molecule has 0 fully saturated rings. The first-order chi connectivity index (χ1) is 8.85. The van der Waals surface area contributed by atoms with Crippen LogP contribution in [0, 0.1) is 5.92 Å². The summed E-state index contributed by atoms with van der Waals surface area (Å²) in [5, 5.41) is 7.51. The Balaban J connectivity index is 3.10. The van der Waals surface area contributed by atoms with Crippen molar-refractivity contribution in [2.45, 2.75) is 46.2 Å². The molecule has 1 aromatic rings. The van der Waals surface area contributed by atoms with Crippen molar-refractivity contribution in [3.63, 3.8) is 0 Å². The van der Waals surface area contributed by atoms with E-state index in [4.69, 9.17) is 5.73 Å². The van der Waals surface area contributed by atoms with Crippen LogP contribution in [0.1, 0.15) is 34.1 Å². The predicted octanol–water partition coefficient (Wildman–Crippen LogP) is 2.20. The molecule has 0 radical (unpaired) electrons. The highest BCUT2D eigenvalue weighted by molar-refractivity contribution is 9.10. The number of halogens is 1. The van der Waals surface area contributed by atoms with Gasteiger partial charge in [-0.3, -0.25) is 4.79 Å². The average Bonchev–Trinajstić information content (AvgIpc) is 2.38. The van der Waals surface area contributed by atoms with E-state index in [1.807, 2.05) is 13.8 Å². The summed E-state index contributed by atoms with van der Waals surface area (Å²) in [5.74, 6) is 0.336. The Kier molecular flexibility index (Phi) is 5.55. The molecule has 108 valence electrons. The molecule has 0 aliphatic heterocycles. The van der Waals surface area contributed by atoms with E-state index in [0.29, 0.717) is 29.2 Å². The number of aromatic nitrogens is 2. The molecular weight excluding hydrogens is 308 g/mol. The second-order valence-electron chi connectivity index (χ2n) is 5.30. The molecule has 1 atom stereocenters. The first-order valence-corrected chi connectivity index (χ1v) is 7.39. The second kappa shape index (κ2) is 6.52. The normalized spacial score (nSPS) is 14.5. The van der Waals surface area contributed by atoms with Crippen LogP contribution in [0.3, 0.4) is 0 Å². The summed E-state index contributed by atoms with van der Waals surface area (Å²) in [6.07, 6.45) is 2.55. The van der Waals surface area contributed by atoms with Gasteiger partial charge in [0.2, 0.25) is 0 Å². The Bertz CT molecular complexity index is 486. The van der Waals surface area contributed by atoms with Crippen LogP contribution in [0.5, 0.6) is 0 Å². The Morgan fingerprint density at radius 3 is 2.68 bits per heavy atom. The van der Waals surface area contributed by atoms with E-state index in [1.165, 1.54) is 4.68 Å². The van der Waals surface area contributed by atoms with Gasteiger partial charge in [-0.25, -0.2) is 4.68 Å². The quantitative estimate of drug-likeness (QED) is 0.838. The highest BCUT2D eigenvalue weighted by atomic mass is 79.9. The standard InChI is InChI=1S/C13H23BrN4O/c1-5-6-18-12(19)11(14)10(7-16-18)17-13(4,8-15)9(2)3/h7,9,17H,5-6,8,15H2,1-4H3. The van der Waals surface area contributed by atoms with E-state index >= 15 is 0 Å². The molecule has 0 saturated carbocycles. The number of nitrogens with zero attached hydrogens (tertiary/aromatic N) is 2. The summed E-state index contributed by atoms with van der Waals surface area (Å²) in [5.41, 5.74) is 6.15. The van der Waals surface area contributed by atoms with Crippen molar-refractivity contribution in [2.24, 2.45) is 11.7 Å². The third-order valence-electron chi connectivity index (χ3n) is 3.54. The topological polar surface area (TPSA) is 72.9 Å². The number of hydrogen-bond acceptors (Lipinski definition) is 4. The lowest BCUT2D eigenvalue weighted by molar-refractivity contribution is 0.382. The molecule has 19 heavy (non-hydrogen) atoms. The number of rotatable bonds is 6. The van der Waals surface area contributed by atoms with Gasteiger partial charge in [0.25, 0.3) is 5.56 Å². The number of aryl methyl sites for hydroxylation is 1. The Hall–Kier alpha value is -0.880. The zero-order valence-corrected chi connectivity index (χ0v) is 13.6. The summed E-state index contributed by atoms with van der Waals surface area (Å²) in [6.45, 7) is 9.35. The van der Waals surface area contributed by atoms with Crippen molar-refractivity contribution in [1.29, 1.82) is 0 Å². The molecule has 0 bridgehead atoms. The zero-order valence-electron chi connectivity index (χ0n) is 12.0. The number of hydrogen-bond donors (Lipinski definition) is 2. The van der Waals surface area contributed by atoms with E-state index in [0.717, 1.165) is 6.42 Å². The maximum Gasteiger partial charge on any atom is 0.283 e. The van der Waals surface area contributed by atoms with Crippen molar-refractivity contribution < 1.29 is 0 Å². The first-order valence-electron chi connectivity index (χ1n) is 6.59. The van der Waals surface area contributed by atoms with E-state index in [9.17, 15) is 4.79 Å². The Morgan fingerprint density at radius 1 is 1.58 bits per heavy atom. The molecule has 1 unspecified atom stereocenters. The summed E-state index contributed by atoms with van der Waals surface area (Å²) in [6, 6.07) is 0. The fraction of sp³-hybridized carbons (Fsp3) is 0.692. The molecule has 0 aliphatic carbocycles.